The van der Waals surface area contributed by atoms with Gasteiger partial charge in [0.1, 0.15) is 11.5 Å². The first kappa shape index (κ1) is 15.2. The second kappa shape index (κ2) is 6.57. The van der Waals surface area contributed by atoms with Gasteiger partial charge < -0.3 is 14.8 Å². The van der Waals surface area contributed by atoms with E-state index in [0.29, 0.717) is 0 Å². The molecule has 0 saturated heterocycles. The number of methoxy groups -OCH3 is 1. The van der Waals surface area contributed by atoms with E-state index in [4.69, 9.17) is 9.47 Å². The van der Waals surface area contributed by atoms with Gasteiger partial charge in [0.05, 0.1) is 18.7 Å². The Kier molecular flexibility index (Phi) is 4.33. The van der Waals surface area contributed by atoms with Crippen LogP contribution in [0.5, 0.6) is 11.5 Å². The molecule has 23 heavy (non-hydrogen) atoms. The van der Waals surface area contributed by atoms with Gasteiger partial charge in [-0.1, -0.05) is 6.07 Å². The van der Waals surface area contributed by atoms with Crippen molar-refractivity contribution in [3.8, 4) is 11.5 Å². The highest BCUT2D eigenvalue weighted by Crippen LogP contribution is 2.29. The maximum atomic E-state index is 5.73. The smallest absolute Gasteiger partial charge is 0.121 e. The van der Waals surface area contributed by atoms with Gasteiger partial charge in [0, 0.05) is 35.1 Å². The van der Waals surface area contributed by atoms with Crippen LogP contribution in [0.2, 0.25) is 0 Å². The molecule has 1 N–H and O–H groups in total. The quantitative estimate of drug-likeness (QED) is 0.737. The average Bonchev–Trinajstić information content (AvgIpc) is 2.54. The fourth-order valence-corrected chi connectivity index (χ4v) is 2.44. The fourth-order valence-electron chi connectivity index (χ4n) is 2.44. The lowest BCUT2D eigenvalue weighted by atomic mass is 10.1. The summed E-state index contributed by atoms with van der Waals surface area (Å²) in [4.78, 5) is 4.44. The normalized spacial score (nSPS) is 10.8. The molecular weight excluding hydrogens is 288 g/mol. The molecule has 0 aliphatic heterocycles. The van der Waals surface area contributed by atoms with Gasteiger partial charge in [-0.05, 0) is 44.2 Å². The van der Waals surface area contributed by atoms with Crippen LogP contribution in [0, 0.1) is 0 Å². The Balaban J connectivity index is 1.94. The molecule has 0 amide bonds. The lowest BCUT2D eigenvalue weighted by Gasteiger charge is -2.13. The van der Waals surface area contributed by atoms with Crippen molar-refractivity contribution in [1.29, 1.82) is 0 Å². The van der Waals surface area contributed by atoms with E-state index >= 15 is 0 Å². The molecule has 0 atom stereocenters. The van der Waals surface area contributed by atoms with E-state index in [0.717, 1.165) is 33.8 Å². The molecule has 0 aliphatic carbocycles. The summed E-state index contributed by atoms with van der Waals surface area (Å²) in [7, 11) is 1.66. The molecule has 0 saturated carbocycles. The average molecular weight is 308 g/mol. The van der Waals surface area contributed by atoms with Crippen LogP contribution in [0.1, 0.15) is 13.8 Å². The zero-order chi connectivity index (χ0) is 16.2. The number of aromatic nitrogens is 1. The van der Waals surface area contributed by atoms with E-state index < -0.39 is 0 Å². The van der Waals surface area contributed by atoms with Gasteiger partial charge >= 0.3 is 0 Å². The van der Waals surface area contributed by atoms with E-state index in [2.05, 4.69) is 10.3 Å². The molecule has 4 nitrogen and oxygen atoms in total. The number of ether oxygens (including phenoxy) is 2. The summed E-state index contributed by atoms with van der Waals surface area (Å²) < 4.78 is 11.0. The number of pyridine rings is 1. The molecule has 0 spiro atoms. The maximum absolute atomic E-state index is 5.73. The highest BCUT2D eigenvalue weighted by molar-refractivity contribution is 5.93. The van der Waals surface area contributed by atoms with Gasteiger partial charge in [-0.3, -0.25) is 4.98 Å². The Morgan fingerprint density at radius 3 is 2.65 bits per heavy atom. The molecule has 3 rings (SSSR count). The van der Waals surface area contributed by atoms with Crippen LogP contribution in [0.25, 0.3) is 10.9 Å². The highest BCUT2D eigenvalue weighted by atomic mass is 16.5. The molecule has 0 aliphatic rings. The van der Waals surface area contributed by atoms with E-state index in [1.54, 1.807) is 13.3 Å². The fraction of sp³-hybridized carbons (Fsp3) is 0.211. The number of hydrogen-bond donors (Lipinski definition) is 1. The van der Waals surface area contributed by atoms with E-state index in [1.165, 1.54) is 0 Å². The SMILES string of the molecule is COc1cccc(Nc2ccnc3cc(OC(C)C)ccc23)c1. The number of fused-ring (bicyclic) bond motifs is 1. The minimum atomic E-state index is 0.144. The second-order valence-corrected chi connectivity index (χ2v) is 5.56. The third-order valence-electron chi connectivity index (χ3n) is 3.43. The van der Waals surface area contributed by atoms with Crippen molar-refractivity contribution in [2.75, 3.05) is 12.4 Å². The third kappa shape index (κ3) is 3.54. The zero-order valence-corrected chi connectivity index (χ0v) is 13.5. The first-order chi connectivity index (χ1) is 11.2. The molecular formula is C19H20N2O2. The van der Waals surface area contributed by atoms with Crippen LogP contribution < -0.4 is 14.8 Å². The van der Waals surface area contributed by atoms with Crippen LogP contribution in [0.3, 0.4) is 0 Å². The van der Waals surface area contributed by atoms with Crippen molar-refractivity contribution >= 4 is 22.3 Å². The van der Waals surface area contributed by atoms with Crippen LogP contribution >= 0.6 is 0 Å². The van der Waals surface area contributed by atoms with Gasteiger partial charge in [0.15, 0.2) is 0 Å². The van der Waals surface area contributed by atoms with Crippen LogP contribution in [0.4, 0.5) is 11.4 Å². The molecule has 3 aromatic rings. The van der Waals surface area contributed by atoms with Gasteiger partial charge in [-0.15, -0.1) is 0 Å². The van der Waals surface area contributed by atoms with Crippen LogP contribution in [-0.4, -0.2) is 18.2 Å². The van der Waals surface area contributed by atoms with Crippen molar-refractivity contribution in [1.82, 2.24) is 4.98 Å². The van der Waals surface area contributed by atoms with E-state index in [9.17, 15) is 0 Å². The predicted octanol–water partition coefficient (Wildman–Crippen LogP) is 4.77. The summed E-state index contributed by atoms with van der Waals surface area (Å²) in [5, 5.41) is 4.47. The summed E-state index contributed by atoms with van der Waals surface area (Å²) >= 11 is 0. The Bertz CT molecular complexity index is 815. The lowest BCUT2D eigenvalue weighted by Crippen LogP contribution is -2.05. The Morgan fingerprint density at radius 2 is 1.87 bits per heavy atom. The van der Waals surface area contributed by atoms with Crippen molar-refractivity contribution in [2.24, 2.45) is 0 Å². The van der Waals surface area contributed by atoms with Crippen molar-refractivity contribution in [3.63, 3.8) is 0 Å². The number of nitrogens with zero attached hydrogens (tertiary/aromatic N) is 1. The standard InChI is InChI=1S/C19H20N2O2/c1-13(2)23-16-7-8-17-18(9-10-20-19(17)12-16)21-14-5-4-6-15(11-14)22-3/h4-13H,1-3H3,(H,20,21). The molecule has 2 aromatic carbocycles. The minimum Gasteiger partial charge on any atom is -0.497 e. The van der Waals surface area contributed by atoms with E-state index in [1.807, 2.05) is 62.4 Å². The van der Waals surface area contributed by atoms with Gasteiger partial charge in [-0.2, -0.15) is 0 Å². The molecule has 1 heterocycles. The number of nitrogens with one attached hydrogen (secondary N) is 1. The monoisotopic (exact) mass is 308 g/mol. The molecule has 0 unspecified atom stereocenters. The Labute approximate surface area is 136 Å². The predicted molar refractivity (Wildman–Crippen MR) is 93.8 cm³/mol. The topological polar surface area (TPSA) is 43.4 Å². The molecule has 1 aromatic heterocycles. The first-order valence-corrected chi connectivity index (χ1v) is 7.62. The summed E-state index contributed by atoms with van der Waals surface area (Å²) in [5.41, 5.74) is 2.87. The lowest BCUT2D eigenvalue weighted by molar-refractivity contribution is 0.242. The van der Waals surface area contributed by atoms with Crippen molar-refractivity contribution in [3.05, 3.63) is 54.7 Å². The maximum Gasteiger partial charge on any atom is 0.121 e. The molecule has 0 radical (unpaired) electrons. The highest BCUT2D eigenvalue weighted by Gasteiger charge is 2.06. The molecule has 4 heteroatoms. The summed E-state index contributed by atoms with van der Waals surface area (Å²) in [5.74, 6) is 1.65. The van der Waals surface area contributed by atoms with Crippen molar-refractivity contribution in [2.45, 2.75) is 20.0 Å². The van der Waals surface area contributed by atoms with Gasteiger partial charge in [0.25, 0.3) is 0 Å². The van der Waals surface area contributed by atoms with Crippen LogP contribution in [-0.2, 0) is 0 Å². The number of benzene rings is 2. The third-order valence-corrected chi connectivity index (χ3v) is 3.43. The molecule has 0 bridgehead atoms. The van der Waals surface area contributed by atoms with Gasteiger partial charge in [-0.25, -0.2) is 0 Å². The zero-order valence-electron chi connectivity index (χ0n) is 13.5. The Morgan fingerprint density at radius 1 is 1.00 bits per heavy atom. The van der Waals surface area contributed by atoms with Gasteiger partial charge in [0.2, 0.25) is 0 Å². The number of rotatable bonds is 5. The molecule has 0 fully saturated rings. The summed E-state index contributed by atoms with van der Waals surface area (Å²) in [6, 6.07) is 15.8. The van der Waals surface area contributed by atoms with Crippen LogP contribution in [0.15, 0.2) is 54.7 Å². The summed E-state index contributed by atoms with van der Waals surface area (Å²) in [6.45, 7) is 4.02. The largest absolute Gasteiger partial charge is 0.497 e. The van der Waals surface area contributed by atoms with Crippen molar-refractivity contribution < 1.29 is 9.47 Å². The Hall–Kier alpha value is -2.75. The number of hydrogen-bond acceptors (Lipinski definition) is 4. The molecule has 118 valence electrons. The number of anilines is 2. The summed E-state index contributed by atoms with van der Waals surface area (Å²) in [6.07, 6.45) is 1.94. The van der Waals surface area contributed by atoms with E-state index in [-0.39, 0.29) is 6.10 Å². The minimum absolute atomic E-state index is 0.144. The second-order valence-electron chi connectivity index (χ2n) is 5.56. The first-order valence-electron chi connectivity index (χ1n) is 7.62.